The summed E-state index contributed by atoms with van der Waals surface area (Å²) in [7, 11) is 0. The number of hydrogen-bond donors (Lipinski definition) is 0. The zero-order valence-corrected chi connectivity index (χ0v) is 8.50. The Balaban J connectivity index is 2.61. The SMILES string of the molecule is [O]Cc1ccc(Br)c2c1C=CCO2. The third-order valence-corrected chi connectivity index (χ3v) is 2.63. The standard InChI is InChI=1S/C10H8BrO2/c11-9-4-3-7(6-12)8-2-1-5-13-10(8)9/h1-4H,5-6H2. The lowest BCUT2D eigenvalue weighted by Crippen LogP contribution is -2.03. The molecule has 67 valence electrons. The van der Waals surface area contributed by atoms with Crippen molar-refractivity contribution in [2.24, 2.45) is 0 Å². The Hall–Kier alpha value is -0.800. The van der Waals surface area contributed by atoms with Gasteiger partial charge in [-0.15, -0.1) is 0 Å². The molecule has 2 rings (SSSR count). The molecular formula is C10H8BrO2. The summed E-state index contributed by atoms with van der Waals surface area (Å²) < 4.78 is 6.33. The zero-order valence-electron chi connectivity index (χ0n) is 6.92. The third kappa shape index (κ3) is 1.49. The molecule has 0 amide bonds. The lowest BCUT2D eigenvalue weighted by molar-refractivity contribution is 0.177. The molecule has 1 radical (unpaired) electrons. The Morgan fingerprint density at radius 1 is 1.46 bits per heavy atom. The number of halogens is 1. The van der Waals surface area contributed by atoms with Crippen LogP contribution < -0.4 is 4.74 Å². The molecule has 0 aromatic heterocycles. The van der Waals surface area contributed by atoms with E-state index >= 15 is 0 Å². The molecule has 3 heteroatoms. The Morgan fingerprint density at radius 2 is 2.31 bits per heavy atom. The smallest absolute Gasteiger partial charge is 0.141 e. The van der Waals surface area contributed by atoms with Crippen LogP contribution in [-0.4, -0.2) is 6.61 Å². The highest BCUT2D eigenvalue weighted by Gasteiger charge is 2.13. The van der Waals surface area contributed by atoms with Gasteiger partial charge in [0, 0.05) is 5.56 Å². The van der Waals surface area contributed by atoms with E-state index in [1.165, 1.54) is 0 Å². The van der Waals surface area contributed by atoms with Crippen LogP contribution in [0, 0.1) is 0 Å². The van der Waals surface area contributed by atoms with Crippen molar-refractivity contribution in [3.63, 3.8) is 0 Å². The van der Waals surface area contributed by atoms with Crippen LogP contribution in [-0.2, 0) is 11.7 Å². The van der Waals surface area contributed by atoms with Crippen molar-refractivity contribution in [2.45, 2.75) is 6.61 Å². The van der Waals surface area contributed by atoms with E-state index in [2.05, 4.69) is 15.9 Å². The number of fused-ring (bicyclic) bond motifs is 1. The second kappa shape index (κ2) is 3.52. The summed E-state index contributed by atoms with van der Waals surface area (Å²) in [5.74, 6) is 0.788. The van der Waals surface area contributed by atoms with Crippen molar-refractivity contribution >= 4 is 22.0 Å². The molecular weight excluding hydrogens is 232 g/mol. The molecule has 0 saturated heterocycles. The van der Waals surface area contributed by atoms with Crippen molar-refractivity contribution in [3.05, 3.63) is 33.8 Å². The summed E-state index contributed by atoms with van der Waals surface area (Å²) in [6, 6.07) is 3.68. The molecule has 1 aliphatic heterocycles. The Labute approximate surface area is 85.0 Å². The molecule has 1 aromatic carbocycles. The summed E-state index contributed by atoms with van der Waals surface area (Å²) in [4.78, 5) is 0. The highest BCUT2D eigenvalue weighted by atomic mass is 79.9. The average Bonchev–Trinajstić information content (AvgIpc) is 2.19. The molecule has 0 fully saturated rings. The monoisotopic (exact) mass is 239 g/mol. The van der Waals surface area contributed by atoms with Crippen molar-refractivity contribution in [3.8, 4) is 5.75 Å². The van der Waals surface area contributed by atoms with Gasteiger partial charge in [-0.25, -0.2) is 5.11 Å². The fourth-order valence-corrected chi connectivity index (χ4v) is 1.83. The van der Waals surface area contributed by atoms with Crippen molar-refractivity contribution in [2.75, 3.05) is 6.61 Å². The lowest BCUT2D eigenvalue weighted by Gasteiger charge is -2.16. The summed E-state index contributed by atoms with van der Waals surface area (Å²) in [5, 5.41) is 10.8. The second-order valence-corrected chi connectivity index (χ2v) is 3.66. The van der Waals surface area contributed by atoms with Crippen LogP contribution in [0.2, 0.25) is 0 Å². The van der Waals surface area contributed by atoms with Gasteiger partial charge in [0.2, 0.25) is 0 Å². The summed E-state index contributed by atoms with van der Waals surface area (Å²) in [6.45, 7) is 0.372. The van der Waals surface area contributed by atoms with E-state index in [0.717, 1.165) is 21.3 Å². The Morgan fingerprint density at radius 3 is 3.08 bits per heavy atom. The van der Waals surface area contributed by atoms with Crippen LogP contribution >= 0.6 is 15.9 Å². The van der Waals surface area contributed by atoms with Crippen LogP contribution in [0.4, 0.5) is 0 Å². The molecule has 0 N–H and O–H groups in total. The molecule has 13 heavy (non-hydrogen) atoms. The van der Waals surface area contributed by atoms with E-state index in [1.54, 1.807) is 0 Å². The molecule has 0 spiro atoms. The van der Waals surface area contributed by atoms with Crippen molar-refractivity contribution in [1.82, 2.24) is 0 Å². The molecule has 0 bridgehead atoms. The van der Waals surface area contributed by atoms with Crippen LogP contribution in [0.3, 0.4) is 0 Å². The van der Waals surface area contributed by atoms with Gasteiger partial charge in [-0.3, -0.25) is 0 Å². The quantitative estimate of drug-likeness (QED) is 0.741. The maximum absolute atomic E-state index is 10.8. The van der Waals surface area contributed by atoms with Crippen molar-refractivity contribution in [1.29, 1.82) is 0 Å². The van der Waals surface area contributed by atoms with Gasteiger partial charge in [0.15, 0.2) is 0 Å². The normalized spacial score (nSPS) is 13.7. The van der Waals surface area contributed by atoms with E-state index < -0.39 is 0 Å². The van der Waals surface area contributed by atoms with Crippen LogP contribution in [0.15, 0.2) is 22.7 Å². The van der Waals surface area contributed by atoms with Gasteiger partial charge in [0.1, 0.15) is 19.0 Å². The van der Waals surface area contributed by atoms with Gasteiger partial charge in [-0.05, 0) is 33.6 Å². The predicted octanol–water partition coefficient (Wildman–Crippen LogP) is 2.79. The van der Waals surface area contributed by atoms with Crippen LogP contribution in [0.25, 0.3) is 6.08 Å². The van der Waals surface area contributed by atoms with E-state index in [1.807, 2.05) is 24.3 Å². The topological polar surface area (TPSA) is 29.1 Å². The minimum atomic E-state index is -0.205. The highest BCUT2D eigenvalue weighted by Crippen LogP contribution is 2.34. The average molecular weight is 240 g/mol. The zero-order chi connectivity index (χ0) is 9.26. The van der Waals surface area contributed by atoms with Gasteiger partial charge in [0.25, 0.3) is 0 Å². The number of benzene rings is 1. The minimum Gasteiger partial charge on any atom is -0.488 e. The summed E-state index contributed by atoms with van der Waals surface area (Å²) >= 11 is 3.38. The molecule has 0 atom stereocenters. The Kier molecular flexibility index (Phi) is 2.38. The first-order valence-electron chi connectivity index (χ1n) is 4.01. The molecule has 1 aliphatic rings. The van der Waals surface area contributed by atoms with Gasteiger partial charge >= 0.3 is 0 Å². The fourth-order valence-electron chi connectivity index (χ4n) is 1.37. The van der Waals surface area contributed by atoms with E-state index in [9.17, 15) is 5.11 Å². The first-order chi connectivity index (χ1) is 6.33. The van der Waals surface area contributed by atoms with Crippen molar-refractivity contribution < 1.29 is 9.84 Å². The first-order valence-corrected chi connectivity index (χ1v) is 4.81. The van der Waals surface area contributed by atoms with Crippen LogP contribution in [0.5, 0.6) is 5.75 Å². The lowest BCUT2D eigenvalue weighted by atomic mass is 10.1. The number of rotatable bonds is 1. The Bertz CT molecular complexity index is 358. The second-order valence-electron chi connectivity index (χ2n) is 2.81. The predicted molar refractivity (Wildman–Crippen MR) is 53.1 cm³/mol. The molecule has 2 nitrogen and oxygen atoms in total. The van der Waals surface area contributed by atoms with Gasteiger partial charge in [-0.1, -0.05) is 12.1 Å². The largest absolute Gasteiger partial charge is 0.488 e. The highest BCUT2D eigenvalue weighted by molar-refractivity contribution is 9.10. The summed E-state index contributed by atoms with van der Waals surface area (Å²) in [5.41, 5.74) is 1.70. The van der Waals surface area contributed by atoms with E-state index in [4.69, 9.17) is 4.74 Å². The first kappa shape index (κ1) is 8.78. The number of ether oxygens (including phenoxy) is 1. The van der Waals surface area contributed by atoms with Crippen LogP contribution in [0.1, 0.15) is 11.1 Å². The van der Waals surface area contributed by atoms with E-state index in [-0.39, 0.29) is 6.61 Å². The third-order valence-electron chi connectivity index (χ3n) is 2.00. The fraction of sp³-hybridized carbons (Fsp3) is 0.200. The van der Waals surface area contributed by atoms with Gasteiger partial charge in [0.05, 0.1) is 4.47 Å². The molecule has 0 saturated carbocycles. The van der Waals surface area contributed by atoms with Gasteiger partial charge in [-0.2, -0.15) is 0 Å². The molecule has 1 heterocycles. The van der Waals surface area contributed by atoms with E-state index in [0.29, 0.717) is 6.61 Å². The minimum absolute atomic E-state index is 0.205. The molecule has 1 aromatic rings. The molecule has 0 unspecified atom stereocenters. The van der Waals surface area contributed by atoms with Gasteiger partial charge < -0.3 is 4.74 Å². The molecule has 0 aliphatic carbocycles. The number of hydrogen-bond acceptors (Lipinski definition) is 1. The maximum Gasteiger partial charge on any atom is 0.141 e. The maximum atomic E-state index is 10.8. The summed E-state index contributed by atoms with van der Waals surface area (Å²) in [6.07, 6.45) is 3.85.